The molecular formula is C26H28FN3O3S. The first-order valence-corrected chi connectivity index (χ1v) is 12.6. The maximum atomic E-state index is 13.5. The Morgan fingerprint density at radius 3 is 2.32 bits per heavy atom. The molecule has 0 saturated carbocycles. The number of carbonyl (C=O) groups excluding carboxylic acids is 1. The van der Waals surface area contributed by atoms with E-state index < -0.39 is 15.8 Å². The Kier molecular flexibility index (Phi) is 6.61. The Labute approximate surface area is 200 Å². The van der Waals surface area contributed by atoms with Crippen molar-refractivity contribution in [3.8, 4) is 0 Å². The van der Waals surface area contributed by atoms with Gasteiger partial charge >= 0.3 is 6.03 Å². The molecule has 3 aromatic carbocycles. The van der Waals surface area contributed by atoms with E-state index in [1.807, 2.05) is 26.8 Å². The summed E-state index contributed by atoms with van der Waals surface area (Å²) in [6.07, 6.45) is 0.759. The smallest absolute Gasteiger partial charge is 0.320 e. The fraction of sp³-hybridized carbons (Fsp3) is 0.269. The van der Waals surface area contributed by atoms with E-state index in [1.54, 1.807) is 21.9 Å². The van der Waals surface area contributed by atoms with Crippen LogP contribution in [-0.2, 0) is 16.6 Å². The lowest BCUT2D eigenvalue weighted by molar-refractivity contribution is 0.192. The number of carbonyl (C=O) groups is 1. The second-order valence-corrected chi connectivity index (χ2v) is 10.4. The van der Waals surface area contributed by atoms with Crippen molar-refractivity contribution in [2.24, 2.45) is 0 Å². The topological polar surface area (TPSA) is 69.7 Å². The van der Waals surface area contributed by atoms with Gasteiger partial charge in [-0.2, -0.15) is 0 Å². The van der Waals surface area contributed by atoms with Crippen molar-refractivity contribution in [3.05, 3.63) is 88.7 Å². The Bertz CT molecular complexity index is 1320. The molecule has 0 bridgehead atoms. The highest BCUT2D eigenvalue weighted by Gasteiger charge is 2.29. The first-order chi connectivity index (χ1) is 16.1. The zero-order valence-corrected chi connectivity index (χ0v) is 20.3. The molecule has 0 aliphatic carbocycles. The monoisotopic (exact) mass is 481 g/mol. The van der Waals surface area contributed by atoms with E-state index in [2.05, 4.69) is 22.9 Å². The molecule has 4 rings (SSSR count). The number of rotatable bonds is 6. The van der Waals surface area contributed by atoms with E-state index in [1.165, 1.54) is 12.1 Å². The van der Waals surface area contributed by atoms with E-state index in [9.17, 15) is 17.6 Å². The number of halogens is 1. The van der Waals surface area contributed by atoms with Crippen LogP contribution < -0.4 is 9.62 Å². The van der Waals surface area contributed by atoms with Crippen molar-refractivity contribution in [3.63, 3.8) is 0 Å². The minimum absolute atomic E-state index is 0.0529. The zero-order valence-electron chi connectivity index (χ0n) is 19.5. The van der Waals surface area contributed by atoms with Crippen LogP contribution in [0.2, 0.25) is 0 Å². The molecule has 34 heavy (non-hydrogen) atoms. The number of urea groups is 1. The summed E-state index contributed by atoms with van der Waals surface area (Å²) >= 11 is 0. The molecule has 1 N–H and O–H groups in total. The van der Waals surface area contributed by atoms with Crippen LogP contribution in [-0.4, -0.2) is 32.4 Å². The number of amides is 2. The van der Waals surface area contributed by atoms with Crippen LogP contribution in [0.5, 0.6) is 0 Å². The quantitative estimate of drug-likeness (QED) is 0.514. The molecule has 3 aromatic rings. The van der Waals surface area contributed by atoms with Crippen molar-refractivity contribution < 1.29 is 17.6 Å². The van der Waals surface area contributed by atoms with Gasteiger partial charge in [-0.15, -0.1) is 0 Å². The predicted molar refractivity (Wildman–Crippen MR) is 132 cm³/mol. The average molecular weight is 482 g/mol. The molecule has 0 aromatic heterocycles. The highest BCUT2D eigenvalue weighted by molar-refractivity contribution is 7.92. The van der Waals surface area contributed by atoms with E-state index in [-0.39, 0.29) is 10.9 Å². The van der Waals surface area contributed by atoms with Gasteiger partial charge in [-0.25, -0.2) is 17.6 Å². The van der Waals surface area contributed by atoms with E-state index in [4.69, 9.17) is 0 Å². The van der Waals surface area contributed by atoms with Crippen LogP contribution in [0.3, 0.4) is 0 Å². The van der Waals surface area contributed by atoms with Crippen molar-refractivity contribution in [1.29, 1.82) is 0 Å². The number of aryl methyl sites for hydroxylation is 3. The number of nitrogens with zero attached hydrogens (tertiary/aromatic N) is 2. The van der Waals surface area contributed by atoms with Crippen molar-refractivity contribution in [2.45, 2.75) is 38.6 Å². The second-order valence-electron chi connectivity index (χ2n) is 8.72. The van der Waals surface area contributed by atoms with Crippen LogP contribution in [0.4, 0.5) is 20.6 Å². The lowest BCUT2D eigenvalue weighted by Gasteiger charge is -2.37. The van der Waals surface area contributed by atoms with Gasteiger partial charge in [0.15, 0.2) is 0 Å². The maximum absolute atomic E-state index is 13.5. The summed E-state index contributed by atoms with van der Waals surface area (Å²) in [4.78, 5) is 16.8. The molecule has 0 spiro atoms. The number of hydrogen-bond acceptors (Lipinski definition) is 3. The van der Waals surface area contributed by atoms with Gasteiger partial charge in [-0.1, -0.05) is 29.8 Å². The highest BCUT2D eigenvalue weighted by Crippen LogP contribution is 2.32. The molecule has 178 valence electrons. The molecule has 1 saturated heterocycles. The van der Waals surface area contributed by atoms with Gasteiger partial charge in [0.25, 0.3) is 10.0 Å². The standard InChI is InChI=1S/C26H28FN3O3S/c1-18-5-7-20(3)21(15-18)17-29-13-4-14-30(26(29)31)25-12-6-19(2)16-24(25)28-34(32,33)23-10-8-22(27)9-11-23/h5-12,15-16,28H,4,13-14,17H2,1-3H3. The summed E-state index contributed by atoms with van der Waals surface area (Å²) in [5, 5.41) is 0. The first kappa shape index (κ1) is 23.8. The number of nitrogens with one attached hydrogen (secondary N) is 1. The molecule has 0 unspecified atom stereocenters. The molecular weight excluding hydrogens is 453 g/mol. The van der Waals surface area contributed by atoms with E-state index in [0.717, 1.165) is 40.8 Å². The van der Waals surface area contributed by atoms with Gasteiger partial charge < -0.3 is 4.90 Å². The largest absolute Gasteiger partial charge is 0.324 e. The average Bonchev–Trinajstić information content (AvgIpc) is 2.78. The molecule has 6 nitrogen and oxygen atoms in total. The Balaban J connectivity index is 1.63. The van der Waals surface area contributed by atoms with Crippen molar-refractivity contribution in [2.75, 3.05) is 22.7 Å². The number of benzene rings is 3. The molecule has 0 radical (unpaired) electrons. The third-order valence-electron chi connectivity index (χ3n) is 5.99. The minimum atomic E-state index is -3.97. The highest BCUT2D eigenvalue weighted by atomic mass is 32.2. The fourth-order valence-electron chi connectivity index (χ4n) is 4.11. The number of anilines is 2. The minimum Gasteiger partial charge on any atom is -0.320 e. The summed E-state index contributed by atoms with van der Waals surface area (Å²) in [5.74, 6) is -0.516. The third kappa shape index (κ3) is 5.07. The third-order valence-corrected chi connectivity index (χ3v) is 7.37. The Morgan fingerprint density at radius 1 is 0.912 bits per heavy atom. The summed E-state index contributed by atoms with van der Waals surface area (Å²) in [7, 11) is -3.97. The van der Waals surface area contributed by atoms with Crippen molar-refractivity contribution >= 4 is 27.4 Å². The van der Waals surface area contributed by atoms with Gasteiger partial charge in [-0.3, -0.25) is 9.62 Å². The molecule has 1 aliphatic heterocycles. The predicted octanol–water partition coefficient (Wildman–Crippen LogP) is 5.38. The molecule has 1 aliphatic rings. The zero-order chi connectivity index (χ0) is 24.5. The summed E-state index contributed by atoms with van der Waals surface area (Å²) in [5.41, 5.74) is 5.00. The Morgan fingerprint density at radius 2 is 1.59 bits per heavy atom. The molecule has 2 amide bonds. The van der Waals surface area contributed by atoms with Gasteiger partial charge in [0.2, 0.25) is 0 Å². The lowest BCUT2D eigenvalue weighted by atomic mass is 10.0. The van der Waals surface area contributed by atoms with Gasteiger partial charge in [0.05, 0.1) is 16.3 Å². The first-order valence-electron chi connectivity index (χ1n) is 11.2. The van der Waals surface area contributed by atoms with Crippen molar-refractivity contribution in [1.82, 2.24) is 4.90 Å². The lowest BCUT2D eigenvalue weighted by Crippen LogP contribution is -2.49. The number of hydrogen-bond donors (Lipinski definition) is 1. The van der Waals surface area contributed by atoms with Gasteiger partial charge in [0, 0.05) is 19.6 Å². The molecule has 1 heterocycles. The van der Waals surface area contributed by atoms with E-state index >= 15 is 0 Å². The maximum Gasteiger partial charge on any atom is 0.324 e. The normalized spacial score (nSPS) is 14.4. The van der Waals surface area contributed by atoms with Crippen LogP contribution in [0, 0.1) is 26.6 Å². The summed E-state index contributed by atoms with van der Waals surface area (Å²) in [6, 6.07) is 16.0. The Hall–Kier alpha value is -3.39. The van der Waals surface area contributed by atoms with Crippen LogP contribution in [0.25, 0.3) is 0 Å². The fourth-order valence-corrected chi connectivity index (χ4v) is 5.18. The summed E-state index contributed by atoms with van der Waals surface area (Å²) < 4.78 is 41.8. The molecule has 1 fully saturated rings. The van der Waals surface area contributed by atoms with Crippen LogP contribution in [0.1, 0.15) is 28.7 Å². The van der Waals surface area contributed by atoms with Crippen LogP contribution in [0.15, 0.2) is 65.6 Å². The van der Waals surface area contributed by atoms with Gasteiger partial charge in [-0.05, 0) is 80.3 Å². The summed E-state index contributed by atoms with van der Waals surface area (Å²) in [6.45, 7) is 7.51. The second kappa shape index (κ2) is 9.46. The SMILES string of the molecule is Cc1ccc(C)c(CN2CCCN(c3ccc(C)cc3NS(=O)(=O)c3ccc(F)cc3)C2=O)c1. The molecule has 8 heteroatoms. The van der Waals surface area contributed by atoms with Crippen LogP contribution >= 0.6 is 0 Å². The molecule has 0 atom stereocenters. The number of sulfonamides is 1. The van der Waals surface area contributed by atoms with E-state index in [0.29, 0.717) is 31.0 Å². The van der Waals surface area contributed by atoms with Gasteiger partial charge in [0.1, 0.15) is 5.82 Å².